The molecule has 0 amide bonds. The van der Waals surface area contributed by atoms with E-state index in [0.29, 0.717) is 22.1 Å². The summed E-state index contributed by atoms with van der Waals surface area (Å²) in [6.07, 6.45) is 3.42. The Morgan fingerprint density at radius 2 is 1.70 bits per heavy atom. The predicted molar refractivity (Wildman–Crippen MR) is 93.0 cm³/mol. The second-order valence-electron chi connectivity index (χ2n) is 5.25. The second-order valence-corrected chi connectivity index (χ2v) is 5.25. The second kappa shape index (κ2) is 5.50. The van der Waals surface area contributed by atoms with E-state index in [1.165, 1.54) is 0 Å². The standard InChI is InChI=1S/C19H13N3O/c23-19-15-6-2-1-5-13(15)8-9-17-16(19)11-14(12-21-17)22-18-7-3-4-10-20-18/h1-12H,(H,20,22). The Morgan fingerprint density at radius 3 is 2.57 bits per heavy atom. The van der Waals surface area contributed by atoms with Crippen LogP contribution in [-0.4, -0.2) is 9.97 Å². The van der Waals surface area contributed by atoms with Crippen molar-refractivity contribution >= 4 is 33.2 Å². The number of pyridine rings is 2. The van der Waals surface area contributed by atoms with Crippen LogP contribution in [-0.2, 0) is 0 Å². The monoisotopic (exact) mass is 299 g/mol. The van der Waals surface area contributed by atoms with Crippen LogP contribution in [0.15, 0.2) is 77.9 Å². The lowest BCUT2D eigenvalue weighted by molar-refractivity contribution is 1.30. The summed E-state index contributed by atoms with van der Waals surface area (Å²) in [6, 6.07) is 18.8. The zero-order valence-corrected chi connectivity index (χ0v) is 12.2. The molecule has 0 saturated heterocycles. The fourth-order valence-electron chi connectivity index (χ4n) is 2.61. The summed E-state index contributed by atoms with van der Waals surface area (Å²) in [5.41, 5.74) is 1.40. The molecular weight excluding hydrogens is 286 g/mol. The minimum Gasteiger partial charge on any atom is -0.339 e. The van der Waals surface area contributed by atoms with E-state index in [4.69, 9.17) is 0 Å². The summed E-state index contributed by atoms with van der Waals surface area (Å²) < 4.78 is 0. The number of nitrogens with zero attached hydrogens (tertiary/aromatic N) is 2. The lowest BCUT2D eigenvalue weighted by Crippen LogP contribution is -2.00. The third kappa shape index (κ3) is 2.51. The molecule has 0 aliphatic rings. The van der Waals surface area contributed by atoms with E-state index in [-0.39, 0.29) is 5.43 Å². The highest BCUT2D eigenvalue weighted by Gasteiger charge is 2.05. The highest BCUT2D eigenvalue weighted by Crippen LogP contribution is 2.19. The Labute approximate surface area is 132 Å². The molecule has 0 saturated carbocycles. The van der Waals surface area contributed by atoms with Gasteiger partial charge in [0.2, 0.25) is 0 Å². The van der Waals surface area contributed by atoms with Gasteiger partial charge in [0.25, 0.3) is 0 Å². The number of rotatable bonds is 2. The van der Waals surface area contributed by atoms with E-state index in [0.717, 1.165) is 11.1 Å². The van der Waals surface area contributed by atoms with Gasteiger partial charge in [0.05, 0.1) is 22.8 Å². The minimum absolute atomic E-state index is 0.0160. The Bertz CT molecular complexity index is 1060. The van der Waals surface area contributed by atoms with Gasteiger partial charge in [-0.1, -0.05) is 36.4 Å². The molecule has 4 nitrogen and oxygen atoms in total. The van der Waals surface area contributed by atoms with Crippen molar-refractivity contribution in [2.75, 3.05) is 5.32 Å². The van der Waals surface area contributed by atoms with Crippen LogP contribution in [0, 0.1) is 0 Å². The van der Waals surface area contributed by atoms with Crippen molar-refractivity contribution in [3.05, 3.63) is 83.3 Å². The first-order chi connectivity index (χ1) is 11.3. The average molecular weight is 299 g/mol. The van der Waals surface area contributed by atoms with Crippen LogP contribution in [0.2, 0.25) is 0 Å². The van der Waals surface area contributed by atoms with Gasteiger partial charge in [0.1, 0.15) is 5.82 Å². The summed E-state index contributed by atoms with van der Waals surface area (Å²) in [6.45, 7) is 0. The third-order valence-corrected chi connectivity index (χ3v) is 3.73. The molecule has 2 aromatic carbocycles. The molecule has 0 fully saturated rings. The quantitative estimate of drug-likeness (QED) is 0.610. The highest BCUT2D eigenvalue weighted by molar-refractivity contribution is 5.92. The zero-order valence-electron chi connectivity index (χ0n) is 12.2. The number of hydrogen-bond acceptors (Lipinski definition) is 4. The van der Waals surface area contributed by atoms with Gasteiger partial charge in [-0.3, -0.25) is 9.78 Å². The van der Waals surface area contributed by atoms with Crippen molar-refractivity contribution in [2.24, 2.45) is 0 Å². The Hall–Kier alpha value is -3.27. The predicted octanol–water partition coefficient (Wildman–Crippen LogP) is 3.89. The third-order valence-electron chi connectivity index (χ3n) is 3.73. The van der Waals surface area contributed by atoms with E-state index >= 15 is 0 Å². The molecule has 0 aliphatic carbocycles. The molecule has 0 aliphatic heterocycles. The number of nitrogens with one attached hydrogen (secondary N) is 1. The number of fused-ring (bicyclic) bond motifs is 2. The molecule has 23 heavy (non-hydrogen) atoms. The maximum Gasteiger partial charge on any atom is 0.195 e. The van der Waals surface area contributed by atoms with E-state index in [1.807, 2.05) is 60.7 Å². The molecule has 0 atom stereocenters. The van der Waals surface area contributed by atoms with E-state index in [2.05, 4.69) is 15.3 Å². The molecule has 0 spiro atoms. The first-order valence-corrected chi connectivity index (χ1v) is 7.31. The topological polar surface area (TPSA) is 54.9 Å². The van der Waals surface area contributed by atoms with Crippen molar-refractivity contribution in [1.29, 1.82) is 0 Å². The first-order valence-electron chi connectivity index (χ1n) is 7.31. The average Bonchev–Trinajstić information content (AvgIpc) is 2.74. The fraction of sp³-hybridized carbons (Fsp3) is 0. The summed E-state index contributed by atoms with van der Waals surface area (Å²) in [5, 5.41) is 5.36. The molecule has 4 heteroatoms. The lowest BCUT2D eigenvalue weighted by Gasteiger charge is -2.04. The van der Waals surface area contributed by atoms with Gasteiger partial charge in [-0.15, -0.1) is 0 Å². The van der Waals surface area contributed by atoms with Gasteiger partial charge in [-0.2, -0.15) is 0 Å². The molecule has 4 aromatic rings. The van der Waals surface area contributed by atoms with Crippen molar-refractivity contribution in [3.63, 3.8) is 0 Å². The van der Waals surface area contributed by atoms with Crippen LogP contribution < -0.4 is 10.7 Å². The SMILES string of the molecule is O=c1c2ccccc2ccc2ncc(Nc3ccccn3)cc12. The van der Waals surface area contributed by atoms with Crippen LogP contribution in [0.3, 0.4) is 0 Å². The summed E-state index contributed by atoms with van der Waals surface area (Å²) in [4.78, 5) is 21.4. The van der Waals surface area contributed by atoms with Crippen LogP contribution in [0.25, 0.3) is 21.7 Å². The molecule has 0 bridgehead atoms. The van der Waals surface area contributed by atoms with Crippen LogP contribution in [0.4, 0.5) is 11.5 Å². The number of benzene rings is 1. The Morgan fingerprint density at radius 1 is 0.826 bits per heavy atom. The summed E-state index contributed by atoms with van der Waals surface area (Å²) in [5.74, 6) is 0.714. The normalized spacial score (nSPS) is 10.8. The number of hydrogen-bond donors (Lipinski definition) is 1. The fourth-order valence-corrected chi connectivity index (χ4v) is 2.61. The molecule has 110 valence electrons. The summed E-state index contributed by atoms with van der Waals surface area (Å²) >= 11 is 0. The molecular formula is C19H13N3O. The number of anilines is 2. The van der Waals surface area contributed by atoms with Gasteiger partial charge in [-0.25, -0.2) is 4.98 Å². The van der Waals surface area contributed by atoms with Crippen LogP contribution in [0.5, 0.6) is 0 Å². The molecule has 0 radical (unpaired) electrons. The zero-order chi connectivity index (χ0) is 15.6. The summed E-state index contributed by atoms with van der Waals surface area (Å²) in [7, 11) is 0. The Kier molecular flexibility index (Phi) is 3.20. The Balaban J connectivity index is 1.93. The van der Waals surface area contributed by atoms with E-state index in [9.17, 15) is 4.79 Å². The maximum atomic E-state index is 12.8. The van der Waals surface area contributed by atoms with Crippen molar-refractivity contribution < 1.29 is 0 Å². The maximum absolute atomic E-state index is 12.8. The molecule has 4 rings (SSSR count). The van der Waals surface area contributed by atoms with Crippen LogP contribution >= 0.6 is 0 Å². The molecule has 2 heterocycles. The van der Waals surface area contributed by atoms with Gasteiger partial charge in [-0.05, 0) is 29.7 Å². The molecule has 0 unspecified atom stereocenters. The van der Waals surface area contributed by atoms with Crippen molar-refractivity contribution in [2.45, 2.75) is 0 Å². The number of aromatic nitrogens is 2. The first kappa shape index (κ1) is 13.4. The molecule has 2 aromatic heterocycles. The van der Waals surface area contributed by atoms with Gasteiger partial charge >= 0.3 is 0 Å². The largest absolute Gasteiger partial charge is 0.339 e. The van der Waals surface area contributed by atoms with E-state index in [1.54, 1.807) is 12.4 Å². The van der Waals surface area contributed by atoms with Gasteiger partial charge in [0.15, 0.2) is 5.43 Å². The minimum atomic E-state index is -0.0160. The smallest absolute Gasteiger partial charge is 0.195 e. The highest BCUT2D eigenvalue weighted by atomic mass is 16.1. The van der Waals surface area contributed by atoms with Crippen molar-refractivity contribution in [1.82, 2.24) is 9.97 Å². The van der Waals surface area contributed by atoms with Crippen molar-refractivity contribution in [3.8, 4) is 0 Å². The van der Waals surface area contributed by atoms with Gasteiger partial charge < -0.3 is 5.32 Å². The van der Waals surface area contributed by atoms with E-state index < -0.39 is 0 Å². The van der Waals surface area contributed by atoms with Crippen LogP contribution in [0.1, 0.15) is 0 Å². The molecule has 1 N–H and O–H groups in total. The lowest BCUT2D eigenvalue weighted by atomic mass is 10.1. The van der Waals surface area contributed by atoms with Gasteiger partial charge in [0, 0.05) is 11.6 Å².